The fraction of sp³-hybridized carbons (Fsp3) is 0.250. The zero-order valence-corrected chi connectivity index (χ0v) is 15.5. The zero-order valence-electron chi connectivity index (χ0n) is 14.7. The standard InChI is InChI=1S/C20H19N3O2S/c1-12-9-15(10-13(2)22-12)14-3-4-18-16(11-14)17(6-8-25-18)23-20(24)19-5-7-21-26-19/h3-5,7,9-11,17H,6,8H2,1-2H3,(H,23,24). The number of hydrogen-bond donors (Lipinski definition) is 1. The van der Waals surface area contributed by atoms with E-state index in [1.165, 1.54) is 11.5 Å². The number of carbonyl (C=O) groups is 1. The molecule has 132 valence electrons. The number of nitrogens with one attached hydrogen (secondary N) is 1. The Hall–Kier alpha value is -2.73. The molecule has 6 heteroatoms. The highest BCUT2D eigenvalue weighted by molar-refractivity contribution is 7.08. The first-order valence-corrected chi connectivity index (χ1v) is 9.31. The lowest BCUT2D eigenvalue weighted by Gasteiger charge is -2.27. The minimum absolute atomic E-state index is 0.0719. The molecule has 1 N–H and O–H groups in total. The highest BCUT2D eigenvalue weighted by Gasteiger charge is 2.24. The zero-order chi connectivity index (χ0) is 18.1. The number of aryl methyl sites for hydroxylation is 2. The third kappa shape index (κ3) is 3.32. The molecule has 3 aromatic rings. The molecule has 1 aliphatic heterocycles. The Morgan fingerprint density at radius 3 is 2.69 bits per heavy atom. The van der Waals surface area contributed by atoms with E-state index in [1.807, 2.05) is 19.9 Å². The SMILES string of the molecule is Cc1cc(-c2ccc3c(c2)C(NC(=O)c2ccns2)CCO3)cc(C)n1. The van der Waals surface area contributed by atoms with Crippen molar-refractivity contribution in [1.82, 2.24) is 14.7 Å². The average molecular weight is 365 g/mol. The van der Waals surface area contributed by atoms with Crippen molar-refractivity contribution in [2.24, 2.45) is 0 Å². The van der Waals surface area contributed by atoms with Crippen LogP contribution < -0.4 is 10.1 Å². The summed E-state index contributed by atoms with van der Waals surface area (Å²) >= 11 is 1.20. The van der Waals surface area contributed by atoms with Crippen LogP contribution in [0.15, 0.2) is 42.6 Å². The van der Waals surface area contributed by atoms with Gasteiger partial charge in [0.1, 0.15) is 10.6 Å². The van der Waals surface area contributed by atoms with Crippen molar-refractivity contribution in [2.75, 3.05) is 6.61 Å². The third-order valence-electron chi connectivity index (χ3n) is 4.43. The van der Waals surface area contributed by atoms with Crippen LogP contribution in [0.3, 0.4) is 0 Å². The smallest absolute Gasteiger partial charge is 0.263 e. The number of carbonyl (C=O) groups excluding carboxylic acids is 1. The van der Waals surface area contributed by atoms with E-state index in [-0.39, 0.29) is 11.9 Å². The number of benzene rings is 1. The maximum Gasteiger partial charge on any atom is 0.263 e. The van der Waals surface area contributed by atoms with E-state index in [2.05, 4.69) is 38.9 Å². The molecule has 5 nitrogen and oxygen atoms in total. The van der Waals surface area contributed by atoms with Crippen LogP contribution in [0.4, 0.5) is 0 Å². The maximum absolute atomic E-state index is 12.4. The van der Waals surface area contributed by atoms with Crippen LogP contribution >= 0.6 is 11.5 Å². The Morgan fingerprint density at radius 1 is 1.15 bits per heavy atom. The molecule has 1 aromatic carbocycles. The van der Waals surface area contributed by atoms with E-state index >= 15 is 0 Å². The number of nitrogens with zero attached hydrogens (tertiary/aromatic N) is 2. The Kier molecular flexibility index (Phi) is 4.42. The number of ether oxygens (including phenoxy) is 1. The van der Waals surface area contributed by atoms with Gasteiger partial charge in [0.15, 0.2) is 0 Å². The predicted molar refractivity (Wildman–Crippen MR) is 102 cm³/mol. The number of amides is 1. The van der Waals surface area contributed by atoms with Crippen molar-refractivity contribution in [3.63, 3.8) is 0 Å². The molecule has 1 aliphatic rings. The predicted octanol–water partition coefficient (Wildman–Crippen LogP) is 4.08. The lowest BCUT2D eigenvalue weighted by Crippen LogP contribution is -2.31. The van der Waals surface area contributed by atoms with Crippen LogP contribution in [0.1, 0.15) is 39.1 Å². The fourth-order valence-corrected chi connectivity index (χ4v) is 3.79. The fourth-order valence-electron chi connectivity index (χ4n) is 3.29. The topological polar surface area (TPSA) is 64.1 Å². The highest BCUT2D eigenvalue weighted by atomic mass is 32.1. The second-order valence-corrected chi connectivity index (χ2v) is 7.26. The minimum atomic E-state index is -0.0913. The van der Waals surface area contributed by atoms with Crippen molar-refractivity contribution in [2.45, 2.75) is 26.3 Å². The molecule has 3 heterocycles. The molecule has 1 atom stereocenters. The largest absolute Gasteiger partial charge is 0.493 e. The van der Waals surface area contributed by atoms with Gasteiger partial charge in [-0.05, 0) is 66.8 Å². The van der Waals surface area contributed by atoms with Gasteiger partial charge in [0, 0.05) is 29.6 Å². The molecule has 0 aliphatic carbocycles. The van der Waals surface area contributed by atoms with Gasteiger partial charge in [0.2, 0.25) is 0 Å². The molecular formula is C20H19N3O2S. The first-order valence-electron chi connectivity index (χ1n) is 8.54. The van der Waals surface area contributed by atoms with Crippen LogP contribution in [0.5, 0.6) is 5.75 Å². The molecule has 0 fully saturated rings. The quantitative estimate of drug-likeness (QED) is 0.760. The van der Waals surface area contributed by atoms with E-state index in [0.29, 0.717) is 11.5 Å². The molecule has 1 unspecified atom stereocenters. The van der Waals surface area contributed by atoms with Gasteiger partial charge in [-0.1, -0.05) is 6.07 Å². The second-order valence-electron chi connectivity index (χ2n) is 6.43. The normalized spacial score (nSPS) is 15.8. The molecule has 1 amide bonds. The molecule has 0 spiro atoms. The van der Waals surface area contributed by atoms with Crippen molar-refractivity contribution in [3.05, 3.63) is 64.4 Å². The molecule has 0 saturated heterocycles. The summed E-state index contributed by atoms with van der Waals surface area (Å²) in [6.07, 6.45) is 2.39. The van der Waals surface area contributed by atoms with Gasteiger partial charge >= 0.3 is 0 Å². The Balaban J connectivity index is 1.67. The van der Waals surface area contributed by atoms with Crippen molar-refractivity contribution in [1.29, 1.82) is 0 Å². The van der Waals surface area contributed by atoms with E-state index < -0.39 is 0 Å². The number of pyridine rings is 1. The summed E-state index contributed by atoms with van der Waals surface area (Å²) < 4.78 is 9.79. The monoisotopic (exact) mass is 365 g/mol. The van der Waals surface area contributed by atoms with Gasteiger partial charge < -0.3 is 10.1 Å². The third-order valence-corrected chi connectivity index (χ3v) is 5.18. The summed E-state index contributed by atoms with van der Waals surface area (Å²) in [6.45, 7) is 4.58. The lowest BCUT2D eigenvalue weighted by atomic mass is 9.95. The van der Waals surface area contributed by atoms with Crippen molar-refractivity contribution < 1.29 is 9.53 Å². The summed E-state index contributed by atoms with van der Waals surface area (Å²) in [5, 5.41) is 3.12. The van der Waals surface area contributed by atoms with E-state index in [1.54, 1.807) is 12.3 Å². The van der Waals surface area contributed by atoms with Crippen LogP contribution in [0, 0.1) is 13.8 Å². The Morgan fingerprint density at radius 2 is 1.96 bits per heavy atom. The molecule has 0 radical (unpaired) electrons. The molecular weight excluding hydrogens is 346 g/mol. The average Bonchev–Trinajstić information content (AvgIpc) is 3.15. The number of aromatic nitrogens is 2. The number of hydrogen-bond acceptors (Lipinski definition) is 5. The van der Waals surface area contributed by atoms with E-state index in [9.17, 15) is 4.79 Å². The summed E-state index contributed by atoms with van der Waals surface area (Å²) in [6, 6.07) is 12.0. The summed E-state index contributed by atoms with van der Waals surface area (Å²) in [5.74, 6) is 0.739. The first-order chi connectivity index (χ1) is 12.6. The lowest BCUT2D eigenvalue weighted by molar-refractivity contribution is 0.0929. The van der Waals surface area contributed by atoms with E-state index in [0.717, 1.165) is 40.2 Å². The summed E-state index contributed by atoms with van der Waals surface area (Å²) in [7, 11) is 0. The van der Waals surface area contributed by atoms with Crippen LogP contribution in [-0.2, 0) is 0 Å². The van der Waals surface area contributed by atoms with Gasteiger partial charge in [-0.25, -0.2) is 4.37 Å². The Labute approximate surface area is 156 Å². The van der Waals surface area contributed by atoms with E-state index in [4.69, 9.17) is 4.74 Å². The Bertz CT molecular complexity index is 933. The molecule has 4 rings (SSSR count). The molecule has 2 aromatic heterocycles. The van der Waals surface area contributed by atoms with Crippen molar-refractivity contribution >= 4 is 17.4 Å². The number of rotatable bonds is 3. The van der Waals surface area contributed by atoms with Crippen molar-refractivity contribution in [3.8, 4) is 16.9 Å². The molecule has 0 saturated carbocycles. The summed E-state index contributed by atoms with van der Waals surface area (Å²) in [4.78, 5) is 17.5. The minimum Gasteiger partial charge on any atom is -0.493 e. The van der Waals surface area contributed by atoms with Crippen LogP contribution in [-0.4, -0.2) is 21.9 Å². The highest BCUT2D eigenvalue weighted by Crippen LogP contribution is 2.36. The first kappa shape index (κ1) is 16.7. The van der Waals surface area contributed by atoms with Crippen LogP contribution in [0.25, 0.3) is 11.1 Å². The van der Waals surface area contributed by atoms with Gasteiger partial charge in [-0.15, -0.1) is 0 Å². The van der Waals surface area contributed by atoms with Gasteiger partial charge in [0.25, 0.3) is 5.91 Å². The maximum atomic E-state index is 12.4. The van der Waals surface area contributed by atoms with Gasteiger partial charge in [-0.3, -0.25) is 9.78 Å². The van der Waals surface area contributed by atoms with Gasteiger partial charge in [0.05, 0.1) is 12.6 Å². The summed E-state index contributed by atoms with van der Waals surface area (Å²) in [5.41, 5.74) is 5.21. The second kappa shape index (κ2) is 6.88. The van der Waals surface area contributed by atoms with Crippen LogP contribution in [0.2, 0.25) is 0 Å². The van der Waals surface area contributed by atoms with Gasteiger partial charge in [-0.2, -0.15) is 0 Å². The molecule has 26 heavy (non-hydrogen) atoms. The number of fused-ring (bicyclic) bond motifs is 1. The molecule has 0 bridgehead atoms.